The molecule has 0 N–H and O–H groups in total. The van der Waals surface area contributed by atoms with Gasteiger partial charge in [0.25, 0.3) is 0 Å². The largest absolute Gasteiger partial charge is 0.364 e. The molecule has 40 heavy (non-hydrogen) atoms. The third kappa shape index (κ3) is 3.93. The molecule has 0 bridgehead atoms. The maximum atomic E-state index is 5.86. The summed E-state index contributed by atoms with van der Waals surface area (Å²) in [5, 5.41) is 2.47. The monoisotopic (exact) mass is 515 g/mol. The predicted molar refractivity (Wildman–Crippen MR) is 168 cm³/mol. The summed E-state index contributed by atoms with van der Waals surface area (Å²) >= 11 is 0. The lowest BCUT2D eigenvalue weighted by Gasteiger charge is -2.24. The smallest absolute Gasteiger partial charge is 0.123 e. The zero-order valence-corrected chi connectivity index (χ0v) is 22.4. The highest BCUT2D eigenvalue weighted by Crippen LogP contribution is 2.53. The third-order valence-electron chi connectivity index (χ3n) is 7.72. The lowest BCUT2D eigenvalue weighted by molar-refractivity contribution is 0.138. The first-order chi connectivity index (χ1) is 19.9. The van der Waals surface area contributed by atoms with Crippen LogP contribution in [0.15, 0.2) is 146 Å². The van der Waals surface area contributed by atoms with E-state index in [0.717, 1.165) is 5.52 Å². The van der Waals surface area contributed by atoms with Gasteiger partial charge in [-0.25, -0.2) is 0 Å². The third-order valence-corrected chi connectivity index (χ3v) is 7.72. The lowest BCUT2D eigenvalue weighted by Crippen LogP contribution is -2.03. The second-order valence-corrected chi connectivity index (χ2v) is 10.1. The van der Waals surface area contributed by atoms with E-state index in [4.69, 9.17) is 4.74 Å². The Morgan fingerprint density at radius 2 is 0.850 bits per heavy atom. The van der Waals surface area contributed by atoms with Gasteiger partial charge in [0.15, 0.2) is 0 Å². The summed E-state index contributed by atoms with van der Waals surface area (Å²) in [6.45, 7) is 0.455. The normalized spacial score (nSPS) is 11.3. The first kappa shape index (κ1) is 24.1. The van der Waals surface area contributed by atoms with Crippen LogP contribution < -0.4 is 0 Å². The van der Waals surface area contributed by atoms with E-state index in [2.05, 4.69) is 150 Å². The Balaban J connectivity index is 1.84. The quantitative estimate of drug-likeness (QED) is 0.215. The Morgan fingerprint density at radius 1 is 0.450 bits per heavy atom. The summed E-state index contributed by atoms with van der Waals surface area (Å²) in [4.78, 5) is 0. The van der Waals surface area contributed by atoms with Crippen LogP contribution in [0, 0.1) is 0 Å². The molecule has 0 atom stereocenters. The molecule has 192 valence electrons. The average molecular weight is 516 g/mol. The fourth-order valence-corrected chi connectivity index (χ4v) is 6.14. The molecule has 2 heteroatoms. The van der Waals surface area contributed by atoms with Crippen LogP contribution in [-0.2, 0) is 11.5 Å². The van der Waals surface area contributed by atoms with Gasteiger partial charge in [0.2, 0.25) is 0 Å². The van der Waals surface area contributed by atoms with Gasteiger partial charge in [-0.05, 0) is 33.9 Å². The van der Waals surface area contributed by atoms with E-state index in [0.29, 0.717) is 6.73 Å². The molecule has 7 rings (SSSR count). The second-order valence-electron chi connectivity index (χ2n) is 10.1. The molecule has 0 aliphatic heterocycles. The van der Waals surface area contributed by atoms with Gasteiger partial charge in [-0.1, -0.05) is 140 Å². The number of benzene rings is 6. The van der Waals surface area contributed by atoms with Crippen molar-refractivity contribution in [2.75, 3.05) is 7.11 Å². The molecule has 0 aliphatic carbocycles. The Morgan fingerprint density at radius 3 is 1.35 bits per heavy atom. The zero-order chi connectivity index (χ0) is 26.9. The fraction of sp³-hybridized carbons (Fsp3) is 0.0526. The zero-order valence-electron chi connectivity index (χ0n) is 22.4. The van der Waals surface area contributed by atoms with Crippen molar-refractivity contribution in [3.63, 3.8) is 0 Å². The van der Waals surface area contributed by atoms with Crippen molar-refractivity contribution in [1.29, 1.82) is 0 Å². The molecule has 0 fully saturated rings. The molecular formula is C38H29NO. The van der Waals surface area contributed by atoms with Crippen molar-refractivity contribution in [1.82, 2.24) is 4.57 Å². The minimum absolute atomic E-state index is 0.455. The molecule has 0 aliphatic rings. The van der Waals surface area contributed by atoms with Gasteiger partial charge >= 0.3 is 0 Å². The predicted octanol–water partition coefficient (Wildman–Crippen LogP) is 10.1. The lowest BCUT2D eigenvalue weighted by atomic mass is 9.80. The van der Waals surface area contributed by atoms with Crippen LogP contribution in [0.5, 0.6) is 0 Å². The first-order valence-electron chi connectivity index (χ1n) is 13.7. The minimum atomic E-state index is 0.455. The number of nitrogens with zero attached hydrogens (tertiary/aromatic N) is 1. The van der Waals surface area contributed by atoms with Crippen molar-refractivity contribution in [2.24, 2.45) is 0 Å². The molecular weight excluding hydrogens is 486 g/mol. The van der Waals surface area contributed by atoms with Crippen LogP contribution in [0.4, 0.5) is 0 Å². The highest BCUT2D eigenvalue weighted by molar-refractivity contribution is 6.25. The molecule has 6 aromatic carbocycles. The highest BCUT2D eigenvalue weighted by Gasteiger charge is 2.28. The standard InChI is InChI=1S/C38H29NO/c1-40-26-39-32-25-15-14-24-31(32)37-35(29-20-10-4-11-21-29)33(27-16-6-2-7-17-27)34(28-18-8-3-9-19-28)36(38(37)39)30-22-12-5-13-23-30/h2-25H,26H2,1H3. The van der Waals surface area contributed by atoms with E-state index in [-0.39, 0.29) is 0 Å². The van der Waals surface area contributed by atoms with E-state index in [9.17, 15) is 0 Å². The molecule has 7 aromatic rings. The van der Waals surface area contributed by atoms with Gasteiger partial charge in [-0.3, -0.25) is 0 Å². The van der Waals surface area contributed by atoms with Crippen molar-refractivity contribution in [3.05, 3.63) is 146 Å². The first-order valence-corrected chi connectivity index (χ1v) is 13.7. The Bertz CT molecular complexity index is 1920. The van der Waals surface area contributed by atoms with Gasteiger partial charge in [0.1, 0.15) is 6.73 Å². The maximum absolute atomic E-state index is 5.86. The van der Waals surface area contributed by atoms with E-state index >= 15 is 0 Å². The van der Waals surface area contributed by atoms with E-state index in [1.54, 1.807) is 7.11 Å². The van der Waals surface area contributed by atoms with Crippen molar-refractivity contribution < 1.29 is 4.74 Å². The number of rotatable bonds is 6. The Labute approximate surface area is 234 Å². The number of aromatic nitrogens is 1. The summed E-state index contributed by atoms with van der Waals surface area (Å²) in [5.41, 5.74) is 12.0. The van der Waals surface area contributed by atoms with Crippen LogP contribution >= 0.6 is 0 Å². The van der Waals surface area contributed by atoms with Gasteiger partial charge in [-0.2, -0.15) is 0 Å². The molecule has 0 radical (unpaired) electrons. The SMILES string of the molecule is COCn1c2ccccc2c2c(-c3ccccc3)c(-c3ccccc3)c(-c3ccccc3)c(-c3ccccc3)c21. The molecule has 0 unspecified atom stereocenters. The highest BCUT2D eigenvalue weighted by atomic mass is 16.5. The topological polar surface area (TPSA) is 14.2 Å². The Kier molecular flexibility index (Phi) is 6.24. The van der Waals surface area contributed by atoms with Crippen molar-refractivity contribution in [2.45, 2.75) is 6.73 Å². The van der Waals surface area contributed by atoms with Crippen LogP contribution in [0.2, 0.25) is 0 Å². The van der Waals surface area contributed by atoms with Gasteiger partial charge in [0.05, 0.1) is 11.0 Å². The number of hydrogen-bond acceptors (Lipinski definition) is 1. The second kappa shape index (κ2) is 10.3. The average Bonchev–Trinajstić information content (AvgIpc) is 3.35. The van der Waals surface area contributed by atoms with Crippen molar-refractivity contribution in [3.8, 4) is 44.5 Å². The summed E-state index contributed by atoms with van der Waals surface area (Å²) in [5.74, 6) is 0. The summed E-state index contributed by atoms with van der Waals surface area (Å²) < 4.78 is 8.21. The molecule has 0 saturated carbocycles. The van der Waals surface area contributed by atoms with Crippen LogP contribution in [0.25, 0.3) is 66.3 Å². The fourth-order valence-electron chi connectivity index (χ4n) is 6.14. The molecule has 0 amide bonds. The van der Waals surface area contributed by atoms with Crippen LogP contribution in [0.1, 0.15) is 0 Å². The number of hydrogen-bond donors (Lipinski definition) is 0. The van der Waals surface area contributed by atoms with Crippen molar-refractivity contribution >= 4 is 21.8 Å². The molecule has 0 spiro atoms. The van der Waals surface area contributed by atoms with E-state index in [1.165, 1.54) is 60.8 Å². The Hall–Kier alpha value is -4.92. The van der Waals surface area contributed by atoms with Crippen LogP contribution in [0.3, 0.4) is 0 Å². The number of para-hydroxylation sites is 1. The van der Waals surface area contributed by atoms with Crippen LogP contribution in [-0.4, -0.2) is 11.7 Å². The van der Waals surface area contributed by atoms with E-state index < -0.39 is 0 Å². The summed E-state index contributed by atoms with van der Waals surface area (Å²) in [7, 11) is 1.78. The number of methoxy groups -OCH3 is 1. The van der Waals surface area contributed by atoms with Gasteiger partial charge in [-0.15, -0.1) is 0 Å². The molecule has 0 saturated heterocycles. The molecule has 2 nitrogen and oxygen atoms in total. The molecule has 1 heterocycles. The van der Waals surface area contributed by atoms with Gasteiger partial charge < -0.3 is 9.30 Å². The summed E-state index contributed by atoms with van der Waals surface area (Å²) in [6.07, 6.45) is 0. The minimum Gasteiger partial charge on any atom is -0.364 e. The van der Waals surface area contributed by atoms with E-state index in [1.807, 2.05) is 0 Å². The number of fused-ring (bicyclic) bond motifs is 3. The maximum Gasteiger partial charge on any atom is 0.123 e. The molecule has 1 aromatic heterocycles. The summed E-state index contributed by atoms with van der Waals surface area (Å²) in [6, 6.07) is 52.0. The number of ether oxygens (including phenoxy) is 1. The van der Waals surface area contributed by atoms with Gasteiger partial charge in [0, 0.05) is 34.6 Å².